The average molecular weight is 342 g/mol. The summed E-state index contributed by atoms with van der Waals surface area (Å²) in [6, 6.07) is 13.8. The van der Waals surface area contributed by atoms with Crippen LogP contribution in [0, 0.1) is 5.82 Å². The van der Waals surface area contributed by atoms with E-state index in [2.05, 4.69) is 15.6 Å². The maximum Gasteiger partial charge on any atom is 0.251 e. The molecular weight excluding hydrogens is 319 g/mol. The lowest BCUT2D eigenvalue weighted by atomic mass is 10.1. The smallest absolute Gasteiger partial charge is 0.251 e. The van der Waals surface area contributed by atoms with Crippen LogP contribution in [0.25, 0.3) is 0 Å². The number of hydrogen-bond donors (Lipinski definition) is 2. The van der Waals surface area contributed by atoms with Crippen LogP contribution in [0.15, 0.2) is 53.5 Å². The van der Waals surface area contributed by atoms with Crippen LogP contribution in [0.2, 0.25) is 0 Å². The molecule has 0 bridgehead atoms. The first-order valence-electron chi connectivity index (χ1n) is 8.00. The first kappa shape index (κ1) is 18.4. The molecule has 0 saturated heterocycles. The zero-order chi connectivity index (χ0) is 18.2. The van der Waals surface area contributed by atoms with E-state index in [-0.39, 0.29) is 11.7 Å². The first-order chi connectivity index (χ1) is 12.0. The topological polar surface area (TPSA) is 56.7 Å². The van der Waals surface area contributed by atoms with Crippen LogP contribution < -0.4 is 10.6 Å². The van der Waals surface area contributed by atoms with E-state index in [0.717, 1.165) is 17.1 Å². The van der Waals surface area contributed by atoms with Gasteiger partial charge in [-0.15, -0.1) is 0 Å². The lowest BCUT2D eigenvalue weighted by Crippen LogP contribution is -2.38. The summed E-state index contributed by atoms with van der Waals surface area (Å²) in [5, 5.41) is 5.89. The van der Waals surface area contributed by atoms with Gasteiger partial charge in [-0.2, -0.15) is 0 Å². The maximum absolute atomic E-state index is 13.0. The molecule has 0 fully saturated rings. The van der Waals surface area contributed by atoms with Crippen LogP contribution in [0.3, 0.4) is 0 Å². The molecule has 0 saturated carbocycles. The van der Waals surface area contributed by atoms with Gasteiger partial charge >= 0.3 is 0 Å². The molecule has 0 aliphatic heterocycles. The molecule has 0 aliphatic carbocycles. The molecule has 2 rings (SSSR count). The third-order valence-electron chi connectivity index (χ3n) is 3.77. The van der Waals surface area contributed by atoms with Gasteiger partial charge in [0.15, 0.2) is 5.96 Å². The standard InChI is InChI=1S/C19H23FN4O/c1-21-18(25)16-6-4-5-15(11-16)12-23-19(22-2)24(3)13-14-7-9-17(20)10-8-14/h4-11H,12-13H2,1-3H3,(H,21,25)(H,22,23). The predicted molar refractivity (Wildman–Crippen MR) is 97.9 cm³/mol. The van der Waals surface area contributed by atoms with Crippen molar-refractivity contribution in [1.82, 2.24) is 15.5 Å². The second-order valence-corrected chi connectivity index (χ2v) is 5.66. The molecule has 5 nitrogen and oxygen atoms in total. The third-order valence-corrected chi connectivity index (χ3v) is 3.77. The molecule has 1 amide bonds. The van der Waals surface area contributed by atoms with E-state index in [0.29, 0.717) is 18.7 Å². The van der Waals surface area contributed by atoms with Crippen LogP contribution in [0.5, 0.6) is 0 Å². The number of carbonyl (C=O) groups is 1. The highest BCUT2D eigenvalue weighted by Gasteiger charge is 2.08. The minimum absolute atomic E-state index is 0.111. The van der Waals surface area contributed by atoms with Crippen molar-refractivity contribution in [3.05, 3.63) is 71.0 Å². The van der Waals surface area contributed by atoms with E-state index >= 15 is 0 Å². The van der Waals surface area contributed by atoms with Crippen molar-refractivity contribution in [1.29, 1.82) is 0 Å². The van der Waals surface area contributed by atoms with E-state index in [4.69, 9.17) is 0 Å². The van der Waals surface area contributed by atoms with Gasteiger partial charge in [0, 0.05) is 39.8 Å². The Balaban J connectivity index is 1.97. The second-order valence-electron chi connectivity index (χ2n) is 5.66. The van der Waals surface area contributed by atoms with Gasteiger partial charge in [-0.25, -0.2) is 4.39 Å². The first-order valence-corrected chi connectivity index (χ1v) is 8.00. The van der Waals surface area contributed by atoms with Gasteiger partial charge in [-0.3, -0.25) is 9.79 Å². The van der Waals surface area contributed by atoms with E-state index in [1.54, 1.807) is 32.3 Å². The Hall–Kier alpha value is -2.89. The highest BCUT2D eigenvalue weighted by molar-refractivity contribution is 5.94. The minimum atomic E-state index is -0.245. The molecule has 2 aromatic rings. The van der Waals surface area contributed by atoms with Crippen molar-refractivity contribution in [3.63, 3.8) is 0 Å². The number of guanidine groups is 1. The highest BCUT2D eigenvalue weighted by atomic mass is 19.1. The number of nitrogens with one attached hydrogen (secondary N) is 2. The van der Waals surface area contributed by atoms with E-state index in [1.807, 2.05) is 30.1 Å². The molecule has 0 atom stereocenters. The van der Waals surface area contributed by atoms with Crippen molar-refractivity contribution in [2.45, 2.75) is 13.1 Å². The van der Waals surface area contributed by atoms with Gasteiger partial charge in [-0.05, 0) is 35.4 Å². The third kappa shape index (κ3) is 5.31. The minimum Gasteiger partial charge on any atom is -0.355 e. The van der Waals surface area contributed by atoms with Crippen LogP contribution >= 0.6 is 0 Å². The summed E-state index contributed by atoms with van der Waals surface area (Å²) < 4.78 is 13.0. The molecule has 132 valence electrons. The second kappa shape index (κ2) is 8.82. The number of aliphatic imine (C=N–C) groups is 1. The van der Waals surface area contributed by atoms with Crippen molar-refractivity contribution < 1.29 is 9.18 Å². The summed E-state index contributed by atoms with van der Waals surface area (Å²) in [6.07, 6.45) is 0. The van der Waals surface area contributed by atoms with Gasteiger partial charge in [0.05, 0.1) is 0 Å². The molecular formula is C19H23FN4O. The largest absolute Gasteiger partial charge is 0.355 e. The highest BCUT2D eigenvalue weighted by Crippen LogP contribution is 2.07. The quantitative estimate of drug-likeness (QED) is 0.648. The lowest BCUT2D eigenvalue weighted by molar-refractivity contribution is 0.0963. The molecule has 0 aromatic heterocycles. The summed E-state index contributed by atoms with van der Waals surface area (Å²) in [6.45, 7) is 1.16. The summed E-state index contributed by atoms with van der Waals surface area (Å²) in [4.78, 5) is 17.9. The zero-order valence-corrected chi connectivity index (χ0v) is 14.7. The Labute approximate surface area is 147 Å². The predicted octanol–water partition coefficient (Wildman–Crippen LogP) is 2.39. The molecule has 0 aliphatic rings. The van der Waals surface area contributed by atoms with E-state index in [9.17, 15) is 9.18 Å². The number of benzene rings is 2. The Morgan fingerprint density at radius 3 is 2.52 bits per heavy atom. The van der Waals surface area contributed by atoms with Crippen LogP contribution in [0.1, 0.15) is 21.5 Å². The van der Waals surface area contributed by atoms with Crippen molar-refractivity contribution >= 4 is 11.9 Å². The fourth-order valence-electron chi connectivity index (χ4n) is 2.47. The number of amides is 1. The number of rotatable bonds is 5. The summed E-state index contributed by atoms with van der Waals surface area (Å²) >= 11 is 0. The molecule has 0 heterocycles. The van der Waals surface area contributed by atoms with Crippen LogP contribution in [-0.2, 0) is 13.1 Å². The normalized spacial score (nSPS) is 11.1. The average Bonchev–Trinajstić information content (AvgIpc) is 2.63. The Morgan fingerprint density at radius 2 is 1.88 bits per heavy atom. The fourth-order valence-corrected chi connectivity index (χ4v) is 2.47. The SMILES string of the molecule is CN=C(NCc1cccc(C(=O)NC)c1)N(C)Cc1ccc(F)cc1. The summed E-state index contributed by atoms with van der Waals surface area (Å²) in [5.41, 5.74) is 2.60. The molecule has 0 unspecified atom stereocenters. The molecule has 2 aromatic carbocycles. The van der Waals surface area contributed by atoms with Crippen molar-refractivity contribution in [2.24, 2.45) is 4.99 Å². The molecule has 6 heteroatoms. The number of carbonyl (C=O) groups excluding carboxylic acids is 1. The maximum atomic E-state index is 13.0. The van der Waals surface area contributed by atoms with Gasteiger partial charge in [0.2, 0.25) is 0 Å². The van der Waals surface area contributed by atoms with Gasteiger partial charge in [0.1, 0.15) is 5.82 Å². The molecule has 0 radical (unpaired) electrons. The van der Waals surface area contributed by atoms with Gasteiger partial charge in [-0.1, -0.05) is 24.3 Å². The van der Waals surface area contributed by atoms with E-state index < -0.39 is 0 Å². The number of nitrogens with zero attached hydrogens (tertiary/aromatic N) is 2. The Bertz CT molecular complexity index is 743. The monoisotopic (exact) mass is 342 g/mol. The van der Waals surface area contributed by atoms with Crippen molar-refractivity contribution in [3.8, 4) is 0 Å². The molecule has 2 N–H and O–H groups in total. The fraction of sp³-hybridized carbons (Fsp3) is 0.263. The Kier molecular flexibility index (Phi) is 6.51. The van der Waals surface area contributed by atoms with E-state index in [1.165, 1.54) is 12.1 Å². The van der Waals surface area contributed by atoms with Crippen LogP contribution in [0.4, 0.5) is 4.39 Å². The molecule has 25 heavy (non-hydrogen) atoms. The number of halogens is 1. The van der Waals surface area contributed by atoms with Crippen LogP contribution in [-0.4, -0.2) is 37.9 Å². The Morgan fingerprint density at radius 1 is 1.16 bits per heavy atom. The summed E-state index contributed by atoms with van der Waals surface area (Å²) in [5.74, 6) is 0.360. The number of hydrogen-bond acceptors (Lipinski definition) is 2. The van der Waals surface area contributed by atoms with Gasteiger partial charge < -0.3 is 15.5 Å². The summed E-state index contributed by atoms with van der Waals surface area (Å²) in [7, 11) is 5.24. The van der Waals surface area contributed by atoms with Crippen molar-refractivity contribution in [2.75, 3.05) is 21.1 Å². The molecule has 0 spiro atoms. The lowest BCUT2D eigenvalue weighted by Gasteiger charge is -2.22. The van der Waals surface area contributed by atoms with Gasteiger partial charge in [0.25, 0.3) is 5.91 Å². The zero-order valence-electron chi connectivity index (χ0n) is 14.7.